The first-order valence-electron chi connectivity index (χ1n) is 15.1. The van der Waals surface area contributed by atoms with Crippen LogP contribution in [0.2, 0.25) is 0 Å². The first-order valence-corrected chi connectivity index (χ1v) is 16.7. The maximum Gasteiger partial charge on any atom is 0.416 e. The number of amides is 2. The average Bonchev–Trinajstić information content (AvgIpc) is 3.43. The van der Waals surface area contributed by atoms with Crippen LogP contribution in [0.1, 0.15) is 61.2 Å². The van der Waals surface area contributed by atoms with E-state index in [0.29, 0.717) is 43.4 Å². The number of halogens is 3. The standard InChI is InChI=1S/C34H38F3N5O3S/c1-22-12-14-25(15-13-22)42-30(21-29(41-42)33(2,3)4)40-32(43)39-28-11-6-5-10-27(28)31(23-16-18-38-19-17-23)46(44,45)26-9-7-8-24(20-26)34(35,36)37/h5-15,20-21,23,31,38H,16-19H2,1-4H3,(H2,39,40,43). The molecular formula is C34H38F3N5O3S. The maximum atomic E-state index is 14.2. The molecule has 3 N–H and O–H groups in total. The van der Waals surface area contributed by atoms with Crippen molar-refractivity contribution in [2.24, 2.45) is 5.92 Å². The SMILES string of the molecule is Cc1ccc(-n2nc(C(C)(C)C)cc2NC(=O)Nc2ccccc2C(C2CCNCC2)S(=O)(=O)c2cccc(C(F)(F)F)c2)cc1. The highest BCUT2D eigenvalue weighted by atomic mass is 32.2. The third kappa shape index (κ3) is 7.28. The Morgan fingerprint density at radius 1 is 0.935 bits per heavy atom. The average molecular weight is 654 g/mol. The number of hydrogen-bond donors (Lipinski definition) is 3. The summed E-state index contributed by atoms with van der Waals surface area (Å²) in [6.45, 7) is 9.15. The van der Waals surface area contributed by atoms with Crippen molar-refractivity contribution in [2.45, 2.75) is 62.3 Å². The molecule has 1 atom stereocenters. The van der Waals surface area contributed by atoms with Crippen LogP contribution in [0.4, 0.5) is 29.5 Å². The minimum Gasteiger partial charge on any atom is -0.317 e. The van der Waals surface area contributed by atoms with Crippen molar-refractivity contribution in [3.63, 3.8) is 0 Å². The van der Waals surface area contributed by atoms with E-state index in [2.05, 4.69) is 16.0 Å². The second-order valence-electron chi connectivity index (χ2n) is 12.7. The highest BCUT2D eigenvalue weighted by molar-refractivity contribution is 7.91. The van der Waals surface area contributed by atoms with Crippen LogP contribution >= 0.6 is 0 Å². The summed E-state index contributed by atoms with van der Waals surface area (Å²) in [5, 5.41) is 12.5. The van der Waals surface area contributed by atoms with Gasteiger partial charge in [-0.2, -0.15) is 18.3 Å². The van der Waals surface area contributed by atoms with Gasteiger partial charge in [0, 0.05) is 17.2 Å². The molecule has 12 heteroatoms. The quantitative estimate of drug-likeness (QED) is 0.190. The molecule has 1 aromatic heterocycles. The number of piperidine rings is 1. The molecule has 0 spiro atoms. The minimum atomic E-state index is -4.70. The lowest BCUT2D eigenvalue weighted by Crippen LogP contribution is -2.34. The van der Waals surface area contributed by atoms with Gasteiger partial charge in [-0.1, -0.05) is 62.7 Å². The van der Waals surface area contributed by atoms with Crippen LogP contribution in [-0.4, -0.2) is 37.3 Å². The van der Waals surface area contributed by atoms with Crippen LogP contribution in [0.15, 0.2) is 83.8 Å². The molecule has 1 saturated heterocycles. The van der Waals surface area contributed by atoms with Crippen molar-refractivity contribution >= 4 is 27.4 Å². The number of carbonyl (C=O) groups is 1. The number of carbonyl (C=O) groups excluding carboxylic acids is 1. The summed E-state index contributed by atoms with van der Waals surface area (Å²) in [4.78, 5) is 13.1. The lowest BCUT2D eigenvalue weighted by Gasteiger charge is -2.32. The number of nitrogens with zero attached hydrogens (tertiary/aromatic N) is 2. The van der Waals surface area contributed by atoms with Crippen molar-refractivity contribution in [1.82, 2.24) is 15.1 Å². The molecule has 1 aliphatic rings. The van der Waals surface area contributed by atoms with E-state index in [1.54, 1.807) is 35.0 Å². The van der Waals surface area contributed by atoms with Gasteiger partial charge in [0.2, 0.25) is 0 Å². The Kier molecular flexibility index (Phi) is 9.33. The lowest BCUT2D eigenvalue weighted by atomic mass is 9.89. The van der Waals surface area contributed by atoms with Gasteiger partial charge in [-0.05, 0) is 80.7 Å². The number of nitrogens with one attached hydrogen (secondary N) is 3. The van der Waals surface area contributed by atoms with E-state index in [1.165, 1.54) is 6.07 Å². The van der Waals surface area contributed by atoms with E-state index in [4.69, 9.17) is 5.10 Å². The van der Waals surface area contributed by atoms with E-state index in [-0.39, 0.29) is 11.1 Å². The van der Waals surface area contributed by atoms with Gasteiger partial charge in [0.05, 0.1) is 27.1 Å². The molecule has 0 aliphatic carbocycles. The number of aromatic nitrogens is 2. The van der Waals surface area contributed by atoms with Crippen LogP contribution < -0.4 is 16.0 Å². The summed E-state index contributed by atoms with van der Waals surface area (Å²) in [5.74, 6) is 0.0133. The number of hydrogen-bond acceptors (Lipinski definition) is 5. The highest BCUT2D eigenvalue weighted by Crippen LogP contribution is 2.43. The third-order valence-corrected chi connectivity index (χ3v) is 10.4. The smallest absolute Gasteiger partial charge is 0.317 e. The Balaban J connectivity index is 1.51. The van der Waals surface area contributed by atoms with Crippen molar-refractivity contribution in [3.8, 4) is 5.69 Å². The second-order valence-corrected chi connectivity index (χ2v) is 14.7. The fourth-order valence-electron chi connectivity index (χ4n) is 5.67. The number of rotatable bonds is 7. The first kappa shape index (κ1) is 33.2. The summed E-state index contributed by atoms with van der Waals surface area (Å²) in [5.41, 5.74) is 1.77. The largest absolute Gasteiger partial charge is 0.416 e. The Labute approximate surface area is 267 Å². The molecule has 46 heavy (non-hydrogen) atoms. The van der Waals surface area contributed by atoms with Crippen LogP contribution in [0.25, 0.3) is 5.69 Å². The summed E-state index contributed by atoms with van der Waals surface area (Å²) in [7, 11) is -4.33. The molecule has 0 bridgehead atoms. The topological polar surface area (TPSA) is 105 Å². The van der Waals surface area contributed by atoms with Crippen molar-refractivity contribution < 1.29 is 26.4 Å². The number of para-hydroxylation sites is 1. The maximum absolute atomic E-state index is 14.2. The monoisotopic (exact) mass is 653 g/mol. The molecule has 0 saturated carbocycles. The molecular weight excluding hydrogens is 615 g/mol. The van der Waals surface area contributed by atoms with Crippen LogP contribution in [0.5, 0.6) is 0 Å². The highest BCUT2D eigenvalue weighted by Gasteiger charge is 2.40. The predicted octanol–water partition coefficient (Wildman–Crippen LogP) is 7.66. The van der Waals surface area contributed by atoms with Crippen molar-refractivity contribution in [3.05, 3.63) is 101 Å². The van der Waals surface area contributed by atoms with Crippen LogP contribution in [-0.2, 0) is 21.4 Å². The summed E-state index contributed by atoms with van der Waals surface area (Å²) in [6.07, 6.45) is -3.71. The third-order valence-electron chi connectivity index (χ3n) is 8.15. The molecule has 1 aliphatic heterocycles. The molecule has 4 aromatic rings. The van der Waals surface area contributed by atoms with E-state index >= 15 is 0 Å². The van der Waals surface area contributed by atoms with E-state index < -0.39 is 43.7 Å². The van der Waals surface area contributed by atoms with E-state index in [1.807, 2.05) is 52.0 Å². The Hall–Kier alpha value is -4.16. The van der Waals surface area contributed by atoms with Gasteiger partial charge in [0.25, 0.3) is 0 Å². The normalized spacial score (nSPS) is 15.4. The van der Waals surface area contributed by atoms with Gasteiger partial charge in [-0.15, -0.1) is 0 Å². The molecule has 2 amide bonds. The van der Waals surface area contributed by atoms with Crippen molar-refractivity contribution in [1.29, 1.82) is 0 Å². The number of sulfone groups is 1. The molecule has 8 nitrogen and oxygen atoms in total. The predicted molar refractivity (Wildman–Crippen MR) is 173 cm³/mol. The lowest BCUT2D eigenvalue weighted by molar-refractivity contribution is -0.137. The minimum absolute atomic E-state index is 0.247. The number of benzene rings is 3. The zero-order valence-electron chi connectivity index (χ0n) is 26.1. The number of anilines is 2. The van der Waals surface area contributed by atoms with Crippen LogP contribution in [0, 0.1) is 12.8 Å². The molecule has 3 aromatic carbocycles. The zero-order valence-corrected chi connectivity index (χ0v) is 27.0. The Morgan fingerprint density at radius 2 is 1.61 bits per heavy atom. The molecule has 1 fully saturated rings. The number of aryl methyl sites for hydroxylation is 1. The van der Waals surface area contributed by atoms with E-state index in [0.717, 1.165) is 29.1 Å². The summed E-state index contributed by atoms with van der Waals surface area (Å²) < 4.78 is 70.8. The van der Waals surface area contributed by atoms with Gasteiger partial charge >= 0.3 is 12.2 Å². The fraction of sp³-hybridized carbons (Fsp3) is 0.353. The fourth-order valence-corrected chi connectivity index (χ4v) is 7.84. The van der Waals surface area contributed by atoms with Crippen molar-refractivity contribution in [2.75, 3.05) is 23.7 Å². The number of urea groups is 1. The Morgan fingerprint density at radius 3 is 2.26 bits per heavy atom. The summed E-state index contributed by atoms with van der Waals surface area (Å²) in [6, 6.07) is 19.2. The first-order chi connectivity index (χ1) is 21.6. The van der Waals surface area contributed by atoms with Crippen LogP contribution in [0.3, 0.4) is 0 Å². The zero-order chi connectivity index (χ0) is 33.3. The molecule has 0 radical (unpaired) electrons. The molecule has 1 unspecified atom stereocenters. The second kappa shape index (κ2) is 12.9. The van der Waals surface area contributed by atoms with Gasteiger partial charge < -0.3 is 10.6 Å². The van der Waals surface area contributed by atoms with E-state index in [9.17, 15) is 26.4 Å². The van der Waals surface area contributed by atoms with Gasteiger partial charge in [-0.3, -0.25) is 5.32 Å². The van der Waals surface area contributed by atoms with Gasteiger partial charge in [0.15, 0.2) is 9.84 Å². The molecule has 244 valence electrons. The van der Waals surface area contributed by atoms with Gasteiger partial charge in [0.1, 0.15) is 5.82 Å². The Bertz CT molecular complexity index is 1810. The molecule has 5 rings (SSSR count). The molecule has 2 heterocycles. The number of alkyl halides is 3. The van der Waals surface area contributed by atoms with Gasteiger partial charge in [-0.25, -0.2) is 17.9 Å². The summed E-state index contributed by atoms with van der Waals surface area (Å²) >= 11 is 0.